The maximum absolute atomic E-state index is 11.7. The van der Waals surface area contributed by atoms with Gasteiger partial charge in [-0.05, 0) is 27.7 Å². The maximum Gasteiger partial charge on any atom is 0.408 e. The summed E-state index contributed by atoms with van der Waals surface area (Å²) < 4.78 is 5.02. The molecule has 1 aromatic heterocycles. The molecule has 0 aromatic carbocycles. The van der Waals surface area contributed by atoms with Crippen LogP contribution >= 0.6 is 11.3 Å². The smallest absolute Gasteiger partial charge is 0.408 e. The molecule has 1 heterocycles. The third-order valence-corrected chi connectivity index (χ3v) is 2.56. The Balaban J connectivity index is 2.45. The van der Waals surface area contributed by atoms with Crippen molar-refractivity contribution in [2.24, 2.45) is 0 Å². The number of alkyl carbamates (subject to hydrolysis) is 1. The SMILES string of the molecule is Cc1scnc1C(=O)CNC(=O)OC(C)(C)C. The quantitative estimate of drug-likeness (QED) is 0.841. The van der Waals surface area contributed by atoms with Crippen molar-refractivity contribution in [3.05, 3.63) is 16.1 Å². The van der Waals surface area contributed by atoms with Gasteiger partial charge >= 0.3 is 6.09 Å². The molecule has 5 nitrogen and oxygen atoms in total. The standard InChI is InChI=1S/C11H16N2O3S/c1-7-9(13-6-17-7)8(14)5-12-10(15)16-11(2,3)4/h6H,5H2,1-4H3,(H,12,15). The zero-order chi connectivity index (χ0) is 13.1. The van der Waals surface area contributed by atoms with E-state index < -0.39 is 11.7 Å². The van der Waals surface area contributed by atoms with Crippen molar-refractivity contribution in [1.29, 1.82) is 0 Å². The summed E-state index contributed by atoms with van der Waals surface area (Å²) in [6.45, 7) is 7.01. The van der Waals surface area contributed by atoms with E-state index in [0.29, 0.717) is 5.69 Å². The molecule has 0 aliphatic rings. The highest BCUT2D eigenvalue weighted by molar-refractivity contribution is 7.09. The van der Waals surface area contributed by atoms with Crippen LogP contribution in [0.2, 0.25) is 0 Å². The molecule has 0 saturated heterocycles. The number of aryl methyl sites for hydroxylation is 1. The Morgan fingerprint density at radius 1 is 1.47 bits per heavy atom. The van der Waals surface area contributed by atoms with Crippen LogP contribution in [-0.2, 0) is 4.74 Å². The largest absolute Gasteiger partial charge is 0.444 e. The van der Waals surface area contributed by atoms with E-state index in [-0.39, 0.29) is 12.3 Å². The number of aromatic nitrogens is 1. The van der Waals surface area contributed by atoms with Crippen LogP contribution in [0.1, 0.15) is 36.1 Å². The van der Waals surface area contributed by atoms with Crippen LogP contribution in [0.25, 0.3) is 0 Å². The highest BCUT2D eigenvalue weighted by Gasteiger charge is 2.18. The summed E-state index contributed by atoms with van der Waals surface area (Å²) in [4.78, 5) is 27.8. The highest BCUT2D eigenvalue weighted by atomic mass is 32.1. The zero-order valence-corrected chi connectivity index (χ0v) is 11.2. The van der Waals surface area contributed by atoms with Gasteiger partial charge < -0.3 is 10.1 Å². The molecule has 0 spiro atoms. The Kier molecular flexibility index (Phi) is 4.22. The topological polar surface area (TPSA) is 68.3 Å². The molecule has 17 heavy (non-hydrogen) atoms. The van der Waals surface area contributed by atoms with Gasteiger partial charge in [0.2, 0.25) is 5.78 Å². The Labute approximate surface area is 104 Å². The van der Waals surface area contributed by atoms with Crippen LogP contribution in [0.4, 0.5) is 4.79 Å². The van der Waals surface area contributed by atoms with Crippen LogP contribution in [0.5, 0.6) is 0 Å². The molecule has 0 aliphatic carbocycles. The summed E-state index contributed by atoms with van der Waals surface area (Å²) in [6.07, 6.45) is -0.598. The van der Waals surface area contributed by atoms with Gasteiger partial charge in [0, 0.05) is 4.88 Å². The molecule has 0 atom stereocenters. The number of ether oxygens (including phenoxy) is 1. The summed E-state index contributed by atoms with van der Waals surface area (Å²) in [6, 6.07) is 0. The lowest BCUT2D eigenvalue weighted by Crippen LogP contribution is -2.35. The summed E-state index contributed by atoms with van der Waals surface area (Å²) in [5, 5.41) is 2.41. The minimum atomic E-state index is -0.598. The molecule has 0 saturated carbocycles. The van der Waals surface area contributed by atoms with E-state index in [1.165, 1.54) is 11.3 Å². The third-order valence-electron chi connectivity index (χ3n) is 1.80. The summed E-state index contributed by atoms with van der Waals surface area (Å²) in [5.74, 6) is -0.213. The molecule has 0 radical (unpaired) electrons. The first-order chi connectivity index (χ1) is 7.79. The Bertz CT molecular complexity index is 421. The number of nitrogens with one attached hydrogen (secondary N) is 1. The normalized spacial score (nSPS) is 11.1. The molecule has 6 heteroatoms. The molecule has 94 valence electrons. The van der Waals surface area contributed by atoms with E-state index in [9.17, 15) is 9.59 Å². The average molecular weight is 256 g/mol. The first-order valence-corrected chi connectivity index (χ1v) is 6.07. The van der Waals surface area contributed by atoms with Crippen LogP contribution in [0.3, 0.4) is 0 Å². The van der Waals surface area contributed by atoms with Gasteiger partial charge in [-0.3, -0.25) is 4.79 Å². The Hall–Kier alpha value is -1.43. The van der Waals surface area contributed by atoms with Crippen LogP contribution in [0.15, 0.2) is 5.51 Å². The second-order valence-corrected chi connectivity index (χ2v) is 5.59. The van der Waals surface area contributed by atoms with E-state index in [4.69, 9.17) is 4.74 Å². The summed E-state index contributed by atoms with van der Waals surface area (Å²) in [5.41, 5.74) is 1.45. The van der Waals surface area contributed by atoms with Crippen molar-refractivity contribution in [1.82, 2.24) is 10.3 Å². The molecule has 1 amide bonds. The first kappa shape index (κ1) is 13.6. The number of carbonyl (C=O) groups excluding carboxylic acids is 2. The molecule has 1 aromatic rings. The van der Waals surface area contributed by atoms with Gasteiger partial charge in [-0.1, -0.05) is 0 Å². The van der Waals surface area contributed by atoms with Gasteiger partial charge in [0.05, 0.1) is 12.1 Å². The molecular formula is C11H16N2O3S. The molecule has 0 aliphatic heterocycles. The fourth-order valence-corrected chi connectivity index (χ4v) is 1.72. The molecule has 0 bridgehead atoms. The van der Waals surface area contributed by atoms with E-state index >= 15 is 0 Å². The van der Waals surface area contributed by atoms with Gasteiger partial charge in [0.15, 0.2) is 0 Å². The highest BCUT2D eigenvalue weighted by Crippen LogP contribution is 2.11. The predicted molar refractivity (Wildman–Crippen MR) is 65.4 cm³/mol. The third kappa shape index (κ3) is 4.52. The van der Waals surface area contributed by atoms with Crippen molar-refractivity contribution < 1.29 is 14.3 Å². The summed E-state index contributed by atoms with van der Waals surface area (Å²) in [7, 11) is 0. The van der Waals surface area contributed by atoms with Crippen molar-refractivity contribution in [2.75, 3.05) is 6.54 Å². The Morgan fingerprint density at radius 2 is 2.12 bits per heavy atom. The molecule has 0 unspecified atom stereocenters. The van der Waals surface area contributed by atoms with E-state index in [1.807, 2.05) is 6.92 Å². The monoisotopic (exact) mass is 256 g/mol. The van der Waals surface area contributed by atoms with Crippen LogP contribution in [-0.4, -0.2) is 29.0 Å². The van der Waals surface area contributed by atoms with Gasteiger partial charge in [-0.2, -0.15) is 0 Å². The summed E-state index contributed by atoms with van der Waals surface area (Å²) >= 11 is 1.40. The second kappa shape index (κ2) is 5.27. The lowest BCUT2D eigenvalue weighted by atomic mass is 10.2. The van der Waals surface area contributed by atoms with Crippen LogP contribution < -0.4 is 5.32 Å². The van der Waals surface area contributed by atoms with Gasteiger partial charge in [-0.25, -0.2) is 9.78 Å². The minimum absolute atomic E-state index is 0.0977. The zero-order valence-electron chi connectivity index (χ0n) is 10.4. The number of carbonyl (C=O) groups is 2. The first-order valence-electron chi connectivity index (χ1n) is 5.20. The number of ketones is 1. The van der Waals surface area contributed by atoms with Gasteiger partial charge in [0.1, 0.15) is 11.3 Å². The number of hydrogen-bond acceptors (Lipinski definition) is 5. The van der Waals surface area contributed by atoms with E-state index in [1.54, 1.807) is 26.3 Å². The van der Waals surface area contributed by atoms with E-state index in [0.717, 1.165) is 4.88 Å². The number of thiazole rings is 1. The van der Waals surface area contributed by atoms with Crippen molar-refractivity contribution >= 4 is 23.2 Å². The lowest BCUT2D eigenvalue weighted by Gasteiger charge is -2.19. The van der Waals surface area contributed by atoms with Crippen molar-refractivity contribution in [2.45, 2.75) is 33.3 Å². The number of rotatable bonds is 3. The fraction of sp³-hybridized carbons (Fsp3) is 0.545. The van der Waals surface area contributed by atoms with Crippen molar-refractivity contribution in [3.63, 3.8) is 0 Å². The number of Topliss-reactive ketones (excluding diaryl/α,β-unsaturated/α-hetero) is 1. The number of nitrogens with zero attached hydrogens (tertiary/aromatic N) is 1. The number of amides is 1. The fourth-order valence-electron chi connectivity index (χ4n) is 1.12. The molecular weight excluding hydrogens is 240 g/mol. The van der Waals surface area contributed by atoms with Crippen molar-refractivity contribution in [3.8, 4) is 0 Å². The number of hydrogen-bond donors (Lipinski definition) is 1. The lowest BCUT2D eigenvalue weighted by molar-refractivity contribution is 0.0520. The van der Waals surface area contributed by atoms with Crippen LogP contribution in [0, 0.1) is 6.92 Å². The molecule has 1 N–H and O–H groups in total. The predicted octanol–water partition coefficient (Wildman–Crippen LogP) is 2.16. The van der Waals surface area contributed by atoms with E-state index in [2.05, 4.69) is 10.3 Å². The minimum Gasteiger partial charge on any atom is -0.444 e. The molecule has 0 fully saturated rings. The second-order valence-electron chi connectivity index (χ2n) is 4.54. The maximum atomic E-state index is 11.7. The Morgan fingerprint density at radius 3 is 2.59 bits per heavy atom. The average Bonchev–Trinajstić information content (AvgIpc) is 2.58. The molecule has 1 rings (SSSR count). The van der Waals surface area contributed by atoms with Gasteiger partial charge in [0.25, 0.3) is 0 Å². The van der Waals surface area contributed by atoms with Gasteiger partial charge in [-0.15, -0.1) is 11.3 Å².